The van der Waals surface area contributed by atoms with Crippen LogP contribution in [0.3, 0.4) is 0 Å². The first kappa shape index (κ1) is 8.47. The molecule has 2 heteroatoms. The van der Waals surface area contributed by atoms with Crippen molar-refractivity contribution in [3.8, 4) is 0 Å². The maximum absolute atomic E-state index is 11.1. The summed E-state index contributed by atoms with van der Waals surface area (Å²) in [6, 6.07) is 0. The Bertz CT molecular complexity index is 206. The molecule has 1 unspecified atom stereocenters. The molecule has 0 fully saturated rings. The Labute approximate surface area is 66.9 Å². The highest BCUT2D eigenvalue weighted by Gasteiger charge is 2.29. The summed E-state index contributed by atoms with van der Waals surface area (Å²) in [5.74, 6) is 0.144. The summed E-state index contributed by atoms with van der Waals surface area (Å²) >= 11 is 0. The van der Waals surface area contributed by atoms with Gasteiger partial charge in [-0.3, -0.25) is 4.79 Å². The molecule has 0 saturated carbocycles. The van der Waals surface area contributed by atoms with Gasteiger partial charge in [-0.25, -0.2) is 0 Å². The molecule has 11 heavy (non-hydrogen) atoms. The minimum Gasteiger partial charge on any atom is -0.396 e. The van der Waals surface area contributed by atoms with Crippen LogP contribution in [0.4, 0.5) is 0 Å². The van der Waals surface area contributed by atoms with Crippen molar-refractivity contribution in [1.82, 2.24) is 0 Å². The Morgan fingerprint density at radius 1 is 1.64 bits per heavy atom. The summed E-state index contributed by atoms with van der Waals surface area (Å²) in [6.07, 6.45) is 3.01. The molecular weight excluding hydrogens is 140 g/mol. The second-order valence-electron chi connectivity index (χ2n) is 3.78. The number of aliphatic hydroxyl groups excluding tert-OH is 1. The molecule has 0 aromatic carbocycles. The zero-order valence-corrected chi connectivity index (χ0v) is 7.05. The molecule has 0 aromatic rings. The molecule has 0 spiro atoms. The standard InChI is InChI=1S/C9H14O2/c1-7-3-8(11)5-9(2,4-7)6-10/h3,10H,4-6H2,1-2H3. The van der Waals surface area contributed by atoms with Crippen molar-refractivity contribution in [3.05, 3.63) is 11.6 Å². The summed E-state index contributed by atoms with van der Waals surface area (Å²) in [5, 5.41) is 9.01. The van der Waals surface area contributed by atoms with Gasteiger partial charge in [0.15, 0.2) is 5.78 Å². The molecule has 0 heterocycles. The lowest BCUT2D eigenvalue weighted by Gasteiger charge is -2.29. The third kappa shape index (κ3) is 1.90. The number of carbonyl (C=O) groups is 1. The van der Waals surface area contributed by atoms with Crippen LogP contribution in [0, 0.1) is 5.41 Å². The zero-order chi connectivity index (χ0) is 8.48. The Morgan fingerprint density at radius 3 is 2.73 bits per heavy atom. The van der Waals surface area contributed by atoms with E-state index < -0.39 is 0 Å². The number of rotatable bonds is 1. The smallest absolute Gasteiger partial charge is 0.156 e. The van der Waals surface area contributed by atoms with Crippen LogP contribution < -0.4 is 0 Å². The van der Waals surface area contributed by atoms with Crippen LogP contribution in [0.2, 0.25) is 0 Å². The van der Waals surface area contributed by atoms with E-state index >= 15 is 0 Å². The summed E-state index contributed by atoms with van der Waals surface area (Å²) < 4.78 is 0. The van der Waals surface area contributed by atoms with Crippen LogP contribution in [-0.4, -0.2) is 17.5 Å². The number of hydrogen-bond donors (Lipinski definition) is 1. The van der Waals surface area contributed by atoms with Gasteiger partial charge >= 0.3 is 0 Å². The maximum Gasteiger partial charge on any atom is 0.156 e. The average molecular weight is 154 g/mol. The van der Waals surface area contributed by atoms with E-state index in [-0.39, 0.29) is 17.8 Å². The van der Waals surface area contributed by atoms with Gasteiger partial charge in [0.1, 0.15) is 0 Å². The van der Waals surface area contributed by atoms with Crippen molar-refractivity contribution in [3.63, 3.8) is 0 Å². The van der Waals surface area contributed by atoms with Crippen molar-refractivity contribution >= 4 is 5.78 Å². The number of hydrogen-bond acceptors (Lipinski definition) is 2. The van der Waals surface area contributed by atoms with E-state index in [1.165, 1.54) is 0 Å². The molecule has 0 aliphatic heterocycles. The minimum absolute atomic E-state index is 0.101. The van der Waals surface area contributed by atoms with Gasteiger partial charge in [0.25, 0.3) is 0 Å². The van der Waals surface area contributed by atoms with E-state index in [1.54, 1.807) is 6.08 Å². The minimum atomic E-state index is -0.198. The normalized spacial score (nSPS) is 31.9. The molecule has 0 aromatic heterocycles. The van der Waals surface area contributed by atoms with Crippen molar-refractivity contribution in [2.24, 2.45) is 5.41 Å². The van der Waals surface area contributed by atoms with Gasteiger partial charge in [-0.2, -0.15) is 0 Å². The number of aliphatic hydroxyl groups is 1. The lowest BCUT2D eigenvalue weighted by molar-refractivity contribution is -0.118. The first-order chi connectivity index (χ1) is 5.06. The quantitative estimate of drug-likeness (QED) is 0.618. The predicted octanol–water partition coefficient (Wildman–Crippen LogP) is 1.29. The number of carbonyl (C=O) groups excluding carboxylic acids is 1. The highest BCUT2D eigenvalue weighted by atomic mass is 16.3. The molecule has 1 atom stereocenters. The SMILES string of the molecule is CC1=CC(=O)CC(C)(CO)C1. The monoisotopic (exact) mass is 154 g/mol. The molecule has 0 radical (unpaired) electrons. The van der Waals surface area contributed by atoms with Gasteiger partial charge < -0.3 is 5.11 Å². The molecule has 1 N–H and O–H groups in total. The summed E-state index contributed by atoms with van der Waals surface area (Å²) in [4.78, 5) is 11.1. The van der Waals surface area contributed by atoms with Crippen LogP contribution in [0.25, 0.3) is 0 Å². The van der Waals surface area contributed by atoms with E-state index in [4.69, 9.17) is 5.11 Å². The molecule has 0 amide bonds. The van der Waals surface area contributed by atoms with Crippen LogP contribution in [0.1, 0.15) is 26.7 Å². The van der Waals surface area contributed by atoms with Crippen LogP contribution in [0.5, 0.6) is 0 Å². The Morgan fingerprint density at radius 2 is 2.27 bits per heavy atom. The van der Waals surface area contributed by atoms with Gasteiger partial charge in [0.2, 0.25) is 0 Å². The fourth-order valence-electron chi connectivity index (χ4n) is 1.64. The first-order valence-electron chi connectivity index (χ1n) is 3.87. The van der Waals surface area contributed by atoms with Crippen molar-refractivity contribution in [1.29, 1.82) is 0 Å². The van der Waals surface area contributed by atoms with E-state index in [1.807, 2.05) is 13.8 Å². The van der Waals surface area contributed by atoms with Gasteiger partial charge in [-0.05, 0) is 19.4 Å². The topological polar surface area (TPSA) is 37.3 Å². The van der Waals surface area contributed by atoms with Crippen molar-refractivity contribution < 1.29 is 9.90 Å². The Kier molecular flexibility index (Phi) is 2.14. The molecule has 1 rings (SSSR count). The van der Waals surface area contributed by atoms with Gasteiger partial charge in [0.05, 0.1) is 0 Å². The zero-order valence-electron chi connectivity index (χ0n) is 7.05. The summed E-state index contributed by atoms with van der Waals surface area (Å²) in [7, 11) is 0. The summed E-state index contributed by atoms with van der Waals surface area (Å²) in [6.45, 7) is 3.98. The van der Waals surface area contributed by atoms with Gasteiger partial charge in [-0.1, -0.05) is 12.5 Å². The molecule has 1 aliphatic carbocycles. The second-order valence-corrected chi connectivity index (χ2v) is 3.78. The number of allylic oxidation sites excluding steroid dienone is 2. The fraction of sp³-hybridized carbons (Fsp3) is 0.667. The molecule has 2 nitrogen and oxygen atoms in total. The van der Waals surface area contributed by atoms with E-state index in [9.17, 15) is 4.79 Å². The van der Waals surface area contributed by atoms with E-state index in [0.29, 0.717) is 6.42 Å². The highest BCUT2D eigenvalue weighted by molar-refractivity contribution is 5.91. The van der Waals surface area contributed by atoms with Gasteiger partial charge in [-0.15, -0.1) is 0 Å². The highest BCUT2D eigenvalue weighted by Crippen LogP contribution is 2.33. The van der Waals surface area contributed by atoms with E-state index in [2.05, 4.69) is 0 Å². The second kappa shape index (κ2) is 2.78. The lowest BCUT2D eigenvalue weighted by atomic mass is 9.76. The van der Waals surface area contributed by atoms with Crippen LogP contribution >= 0.6 is 0 Å². The first-order valence-corrected chi connectivity index (χ1v) is 3.87. The average Bonchev–Trinajstić information content (AvgIpc) is 1.84. The van der Waals surface area contributed by atoms with Crippen molar-refractivity contribution in [2.45, 2.75) is 26.7 Å². The maximum atomic E-state index is 11.1. The third-order valence-electron chi connectivity index (χ3n) is 2.10. The fourth-order valence-corrected chi connectivity index (χ4v) is 1.64. The Balaban J connectivity index is 2.79. The molecule has 0 bridgehead atoms. The predicted molar refractivity (Wildman–Crippen MR) is 43.2 cm³/mol. The summed E-state index contributed by atoms with van der Waals surface area (Å²) in [5.41, 5.74) is 0.883. The van der Waals surface area contributed by atoms with Gasteiger partial charge in [0, 0.05) is 18.4 Å². The molecule has 1 aliphatic rings. The van der Waals surface area contributed by atoms with Crippen LogP contribution in [0.15, 0.2) is 11.6 Å². The largest absolute Gasteiger partial charge is 0.396 e. The number of ketones is 1. The lowest BCUT2D eigenvalue weighted by Crippen LogP contribution is -2.28. The van der Waals surface area contributed by atoms with E-state index in [0.717, 1.165) is 12.0 Å². The molecule has 0 saturated heterocycles. The molecule has 62 valence electrons. The molecular formula is C9H14O2. The Hall–Kier alpha value is -0.630. The van der Waals surface area contributed by atoms with Crippen molar-refractivity contribution in [2.75, 3.05) is 6.61 Å². The third-order valence-corrected chi connectivity index (χ3v) is 2.10. The van der Waals surface area contributed by atoms with Crippen LogP contribution in [-0.2, 0) is 4.79 Å².